The SMILES string of the molecule is CC.Cc1cn(-c2ccc(CNCCCNC(=O)OC(C)(C)C)cc2)c(=O)nc1N. The second kappa shape index (κ2) is 12.0. The van der Waals surface area contributed by atoms with Crippen LogP contribution in [-0.4, -0.2) is 34.3 Å². The zero-order chi connectivity index (χ0) is 22.7. The molecule has 2 rings (SSSR count). The molecule has 8 heteroatoms. The van der Waals surface area contributed by atoms with Crippen LogP contribution in [0.2, 0.25) is 0 Å². The highest BCUT2D eigenvalue weighted by molar-refractivity contribution is 5.67. The summed E-state index contributed by atoms with van der Waals surface area (Å²) in [5.41, 5.74) is 7.37. The molecule has 2 aromatic rings. The average Bonchev–Trinajstić information content (AvgIpc) is 2.68. The summed E-state index contributed by atoms with van der Waals surface area (Å²) in [6.45, 7) is 13.3. The van der Waals surface area contributed by atoms with Gasteiger partial charge in [0.2, 0.25) is 0 Å². The maximum absolute atomic E-state index is 12.0. The Morgan fingerprint density at radius 3 is 2.40 bits per heavy atom. The predicted molar refractivity (Wildman–Crippen MR) is 121 cm³/mol. The van der Waals surface area contributed by atoms with Crippen LogP contribution in [0.15, 0.2) is 35.3 Å². The van der Waals surface area contributed by atoms with E-state index in [1.807, 2.05) is 65.8 Å². The van der Waals surface area contributed by atoms with E-state index >= 15 is 0 Å². The van der Waals surface area contributed by atoms with Crippen molar-refractivity contribution in [2.75, 3.05) is 18.8 Å². The number of anilines is 1. The number of carbonyl (C=O) groups excluding carboxylic acids is 1. The van der Waals surface area contributed by atoms with Gasteiger partial charge in [-0.15, -0.1) is 0 Å². The Morgan fingerprint density at radius 1 is 1.17 bits per heavy atom. The number of nitrogen functional groups attached to an aromatic ring is 1. The number of hydrogen-bond acceptors (Lipinski definition) is 6. The minimum Gasteiger partial charge on any atom is -0.444 e. The van der Waals surface area contributed by atoms with Gasteiger partial charge in [0.15, 0.2) is 0 Å². The van der Waals surface area contributed by atoms with Gasteiger partial charge >= 0.3 is 11.8 Å². The van der Waals surface area contributed by atoms with Crippen molar-refractivity contribution in [3.63, 3.8) is 0 Å². The van der Waals surface area contributed by atoms with Crippen LogP contribution in [0.25, 0.3) is 5.69 Å². The Kier molecular flexibility index (Phi) is 10.0. The number of rotatable bonds is 7. The van der Waals surface area contributed by atoms with E-state index in [9.17, 15) is 9.59 Å². The number of aryl methyl sites for hydroxylation is 1. The summed E-state index contributed by atoms with van der Waals surface area (Å²) in [6, 6.07) is 7.67. The topological polar surface area (TPSA) is 111 Å². The number of carbonyl (C=O) groups is 1. The van der Waals surface area contributed by atoms with E-state index in [4.69, 9.17) is 10.5 Å². The molecule has 0 aliphatic heterocycles. The Bertz CT molecular complexity index is 855. The summed E-state index contributed by atoms with van der Waals surface area (Å²) < 4.78 is 6.65. The molecule has 0 radical (unpaired) electrons. The lowest BCUT2D eigenvalue weighted by molar-refractivity contribution is 0.0527. The second-order valence-electron chi connectivity index (χ2n) is 7.59. The van der Waals surface area contributed by atoms with Crippen LogP contribution in [-0.2, 0) is 11.3 Å². The first kappa shape index (κ1) is 25.2. The van der Waals surface area contributed by atoms with Crippen molar-refractivity contribution in [1.29, 1.82) is 0 Å². The quantitative estimate of drug-likeness (QED) is 0.597. The van der Waals surface area contributed by atoms with Gasteiger partial charge in [-0.1, -0.05) is 26.0 Å². The largest absolute Gasteiger partial charge is 0.444 e. The van der Waals surface area contributed by atoms with Crippen molar-refractivity contribution >= 4 is 11.9 Å². The van der Waals surface area contributed by atoms with E-state index in [2.05, 4.69) is 15.6 Å². The maximum atomic E-state index is 12.0. The standard InChI is InChI=1S/C20H29N5O3.C2H6/c1-14-13-25(18(26)24-17(14)21)16-8-6-15(7-9-16)12-22-10-5-11-23-19(27)28-20(2,3)4;1-2/h6-9,13,22H,5,10-12H2,1-4H3,(H,23,27)(H2,21,24,26);1-2H3. The van der Waals surface area contributed by atoms with E-state index in [0.29, 0.717) is 13.1 Å². The van der Waals surface area contributed by atoms with Crippen LogP contribution >= 0.6 is 0 Å². The third-order valence-corrected chi connectivity index (χ3v) is 3.89. The lowest BCUT2D eigenvalue weighted by Gasteiger charge is -2.19. The Morgan fingerprint density at radius 2 is 1.80 bits per heavy atom. The number of aromatic nitrogens is 2. The summed E-state index contributed by atoms with van der Waals surface area (Å²) in [5.74, 6) is 0.253. The van der Waals surface area contributed by atoms with Gasteiger partial charge in [-0.2, -0.15) is 4.98 Å². The van der Waals surface area contributed by atoms with Crippen LogP contribution in [0.5, 0.6) is 0 Å². The second-order valence-corrected chi connectivity index (χ2v) is 7.59. The molecule has 0 bridgehead atoms. The van der Waals surface area contributed by atoms with Crippen molar-refractivity contribution in [3.05, 3.63) is 52.1 Å². The van der Waals surface area contributed by atoms with Crippen molar-refractivity contribution in [3.8, 4) is 5.69 Å². The Balaban J connectivity index is 0.00000218. The third kappa shape index (κ3) is 8.65. The van der Waals surface area contributed by atoms with Gasteiger partial charge in [0.1, 0.15) is 11.4 Å². The molecule has 0 saturated heterocycles. The number of alkyl carbamates (subject to hydrolysis) is 1. The molecule has 0 aliphatic carbocycles. The van der Waals surface area contributed by atoms with E-state index in [1.54, 1.807) is 6.20 Å². The smallest absolute Gasteiger partial charge is 0.407 e. The predicted octanol–water partition coefficient (Wildman–Crippen LogP) is 3.15. The number of nitrogens with one attached hydrogen (secondary N) is 2. The van der Waals surface area contributed by atoms with Crippen molar-refractivity contribution in [1.82, 2.24) is 20.2 Å². The Labute approximate surface area is 178 Å². The van der Waals surface area contributed by atoms with Crippen LogP contribution in [0, 0.1) is 6.92 Å². The number of hydrogen-bond donors (Lipinski definition) is 3. The lowest BCUT2D eigenvalue weighted by Crippen LogP contribution is -2.33. The number of benzene rings is 1. The van der Waals surface area contributed by atoms with E-state index in [1.165, 1.54) is 4.57 Å². The molecule has 0 aliphatic rings. The molecule has 166 valence electrons. The average molecular weight is 418 g/mol. The van der Waals surface area contributed by atoms with Gasteiger partial charge in [0.05, 0.1) is 5.69 Å². The van der Waals surface area contributed by atoms with E-state index < -0.39 is 17.4 Å². The van der Waals surface area contributed by atoms with Gasteiger partial charge in [-0.3, -0.25) is 4.57 Å². The van der Waals surface area contributed by atoms with Crippen molar-refractivity contribution in [2.45, 2.75) is 60.1 Å². The number of nitrogens with two attached hydrogens (primary N) is 1. The van der Waals surface area contributed by atoms with Gasteiger partial charge in [-0.25, -0.2) is 9.59 Å². The zero-order valence-electron chi connectivity index (χ0n) is 18.9. The highest BCUT2D eigenvalue weighted by Crippen LogP contribution is 2.10. The first-order valence-corrected chi connectivity index (χ1v) is 10.3. The molecule has 8 nitrogen and oxygen atoms in total. The highest BCUT2D eigenvalue weighted by Gasteiger charge is 2.15. The fraction of sp³-hybridized carbons (Fsp3) is 0.500. The molecule has 0 atom stereocenters. The summed E-state index contributed by atoms with van der Waals surface area (Å²) >= 11 is 0. The summed E-state index contributed by atoms with van der Waals surface area (Å²) in [7, 11) is 0. The number of ether oxygens (including phenoxy) is 1. The van der Waals surface area contributed by atoms with Crippen molar-refractivity contribution in [2.24, 2.45) is 0 Å². The molecule has 0 spiro atoms. The van der Waals surface area contributed by atoms with Gasteiger partial charge in [0, 0.05) is 24.8 Å². The van der Waals surface area contributed by atoms with E-state index in [-0.39, 0.29) is 5.82 Å². The molecule has 0 fully saturated rings. The van der Waals surface area contributed by atoms with Gasteiger partial charge in [0.25, 0.3) is 0 Å². The summed E-state index contributed by atoms with van der Waals surface area (Å²) in [6.07, 6.45) is 2.09. The molecule has 1 amide bonds. The molecular weight excluding hydrogens is 382 g/mol. The monoisotopic (exact) mass is 417 g/mol. The van der Waals surface area contributed by atoms with Crippen LogP contribution < -0.4 is 22.1 Å². The maximum Gasteiger partial charge on any atom is 0.407 e. The van der Waals surface area contributed by atoms with Gasteiger partial charge < -0.3 is 21.1 Å². The Hall–Kier alpha value is -2.87. The normalized spacial score (nSPS) is 10.7. The van der Waals surface area contributed by atoms with E-state index in [0.717, 1.165) is 29.8 Å². The van der Waals surface area contributed by atoms with Crippen molar-refractivity contribution < 1.29 is 9.53 Å². The molecule has 30 heavy (non-hydrogen) atoms. The number of amides is 1. The number of nitrogens with zero attached hydrogens (tertiary/aromatic N) is 2. The molecule has 0 saturated carbocycles. The lowest BCUT2D eigenvalue weighted by atomic mass is 10.2. The molecule has 4 N–H and O–H groups in total. The minimum atomic E-state index is -0.485. The minimum absolute atomic E-state index is 0.253. The first-order chi connectivity index (χ1) is 14.2. The first-order valence-electron chi connectivity index (χ1n) is 10.3. The molecule has 0 unspecified atom stereocenters. The molecule has 1 heterocycles. The van der Waals surface area contributed by atoms with Crippen LogP contribution in [0.1, 0.15) is 52.2 Å². The zero-order valence-corrected chi connectivity index (χ0v) is 18.9. The van der Waals surface area contributed by atoms with Crippen LogP contribution in [0.3, 0.4) is 0 Å². The fourth-order valence-electron chi connectivity index (χ4n) is 2.47. The summed E-state index contributed by atoms with van der Waals surface area (Å²) in [4.78, 5) is 27.3. The molecular formula is C22H35N5O3. The third-order valence-electron chi connectivity index (χ3n) is 3.89. The fourth-order valence-corrected chi connectivity index (χ4v) is 2.47. The van der Waals surface area contributed by atoms with Gasteiger partial charge in [-0.05, 0) is 58.4 Å². The molecule has 1 aromatic carbocycles. The highest BCUT2D eigenvalue weighted by atomic mass is 16.6. The van der Waals surface area contributed by atoms with Crippen LogP contribution in [0.4, 0.5) is 10.6 Å². The summed E-state index contributed by atoms with van der Waals surface area (Å²) in [5, 5.41) is 6.05. The molecule has 1 aromatic heterocycles.